The minimum absolute atomic E-state index is 0.0275. The second-order valence-corrected chi connectivity index (χ2v) is 7.48. The molecule has 0 saturated heterocycles. The van der Waals surface area contributed by atoms with Crippen LogP contribution in [0.15, 0.2) is 60.7 Å². The first-order valence-electron chi connectivity index (χ1n) is 9.78. The molecule has 2 heterocycles. The zero-order valence-corrected chi connectivity index (χ0v) is 16.8. The smallest absolute Gasteiger partial charge is 0.266 e. The van der Waals surface area contributed by atoms with Crippen molar-refractivity contribution in [2.24, 2.45) is 0 Å². The summed E-state index contributed by atoms with van der Waals surface area (Å²) in [6, 6.07) is 17.7. The lowest BCUT2D eigenvalue weighted by atomic mass is 10.0. The summed E-state index contributed by atoms with van der Waals surface area (Å²) in [5.41, 5.74) is 3.50. The van der Waals surface area contributed by atoms with Gasteiger partial charge in [-0.2, -0.15) is 0 Å². The third-order valence-corrected chi connectivity index (χ3v) is 4.69. The van der Waals surface area contributed by atoms with Crippen LogP contribution in [-0.2, 0) is 9.53 Å². The van der Waals surface area contributed by atoms with Gasteiger partial charge in [-0.15, -0.1) is 0 Å². The second-order valence-electron chi connectivity index (χ2n) is 7.48. The molecule has 4 rings (SSSR count). The summed E-state index contributed by atoms with van der Waals surface area (Å²) in [6.45, 7) is 6.23. The van der Waals surface area contributed by atoms with Crippen LogP contribution in [0.3, 0.4) is 0 Å². The number of nitrogens with one attached hydrogen (secondary N) is 1. The summed E-state index contributed by atoms with van der Waals surface area (Å²) < 4.78 is 11.8. The molecule has 1 aromatic heterocycles. The van der Waals surface area contributed by atoms with Crippen LogP contribution in [-0.4, -0.2) is 23.5 Å². The molecule has 1 unspecified atom stereocenters. The molecule has 1 aliphatic rings. The fourth-order valence-corrected chi connectivity index (χ4v) is 3.39. The number of hydrogen-bond donors (Lipinski definition) is 1. The highest BCUT2D eigenvalue weighted by Crippen LogP contribution is 2.39. The van der Waals surface area contributed by atoms with E-state index < -0.39 is 6.10 Å². The minimum atomic E-state index is -0.715. The summed E-state index contributed by atoms with van der Waals surface area (Å²) in [5.74, 6) is 1.18. The lowest BCUT2D eigenvalue weighted by Crippen LogP contribution is -2.34. The van der Waals surface area contributed by atoms with Crippen molar-refractivity contribution in [2.75, 3.05) is 6.61 Å². The Labute approximate surface area is 170 Å². The van der Waals surface area contributed by atoms with Crippen molar-refractivity contribution in [3.63, 3.8) is 0 Å². The molecular formula is C24H24N2O3. The van der Waals surface area contributed by atoms with E-state index in [0.717, 1.165) is 27.8 Å². The Morgan fingerprint density at radius 3 is 2.76 bits per heavy atom. The van der Waals surface area contributed by atoms with Gasteiger partial charge in [-0.05, 0) is 57.2 Å². The predicted octanol–water partition coefficient (Wildman–Crippen LogP) is 4.56. The first-order valence-corrected chi connectivity index (χ1v) is 9.78. The van der Waals surface area contributed by atoms with Crippen molar-refractivity contribution >= 4 is 22.6 Å². The number of hydrogen-bond acceptors (Lipinski definition) is 4. The number of fused-ring (bicyclic) bond motifs is 2. The van der Waals surface area contributed by atoms with Crippen molar-refractivity contribution in [2.45, 2.75) is 32.9 Å². The van der Waals surface area contributed by atoms with Crippen LogP contribution >= 0.6 is 0 Å². The largest absolute Gasteiger partial charge is 0.489 e. The van der Waals surface area contributed by atoms with Crippen LogP contribution in [0.5, 0.6) is 5.75 Å². The fraction of sp³-hybridized carbons (Fsp3) is 0.250. The summed E-state index contributed by atoms with van der Waals surface area (Å²) >= 11 is 0. The van der Waals surface area contributed by atoms with E-state index >= 15 is 0 Å². The van der Waals surface area contributed by atoms with Gasteiger partial charge in [0.15, 0.2) is 0 Å². The van der Waals surface area contributed by atoms with Gasteiger partial charge in [-0.3, -0.25) is 4.79 Å². The SMILES string of the molecule is Cc1ccc2nc3c(cc2c1)C(C(=O)NC(C)C)O/C3=C\COc1ccccc1. The zero-order chi connectivity index (χ0) is 20.4. The fourth-order valence-electron chi connectivity index (χ4n) is 3.39. The molecular weight excluding hydrogens is 364 g/mol. The maximum absolute atomic E-state index is 12.7. The Morgan fingerprint density at radius 1 is 1.21 bits per heavy atom. The molecule has 0 spiro atoms. The Morgan fingerprint density at radius 2 is 2.00 bits per heavy atom. The number of benzene rings is 2. The highest BCUT2D eigenvalue weighted by atomic mass is 16.5. The topological polar surface area (TPSA) is 60.5 Å². The number of carbonyl (C=O) groups excluding carboxylic acids is 1. The molecule has 29 heavy (non-hydrogen) atoms. The van der Waals surface area contributed by atoms with Crippen LogP contribution in [0.4, 0.5) is 0 Å². The first kappa shape index (κ1) is 19.0. The van der Waals surface area contributed by atoms with Crippen molar-refractivity contribution in [1.29, 1.82) is 0 Å². The lowest BCUT2D eigenvalue weighted by molar-refractivity contribution is -0.129. The molecule has 2 aromatic carbocycles. The molecule has 0 radical (unpaired) electrons. The third-order valence-electron chi connectivity index (χ3n) is 4.69. The maximum atomic E-state index is 12.7. The molecule has 5 heteroatoms. The Balaban J connectivity index is 1.68. The summed E-state index contributed by atoms with van der Waals surface area (Å²) in [5, 5.41) is 3.93. The molecule has 0 saturated carbocycles. The average Bonchev–Trinajstić information content (AvgIpc) is 3.04. The number of amides is 1. The molecule has 5 nitrogen and oxygen atoms in total. The molecule has 0 aliphatic carbocycles. The minimum Gasteiger partial charge on any atom is -0.489 e. The highest BCUT2D eigenvalue weighted by Gasteiger charge is 2.35. The third kappa shape index (κ3) is 4.09. The second kappa shape index (κ2) is 7.95. The van der Waals surface area contributed by atoms with E-state index in [-0.39, 0.29) is 11.9 Å². The van der Waals surface area contributed by atoms with Gasteiger partial charge in [0.2, 0.25) is 6.10 Å². The van der Waals surface area contributed by atoms with E-state index in [2.05, 4.69) is 11.4 Å². The normalized spacial score (nSPS) is 16.7. The van der Waals surface area contributed by atoms with E-state index in [0.29, 0.717) is 18.1 Å². The Hall–Kier alpha value is -3.34. The van der Waals surface area contributed by atoms with Gasteiger partial charge >= 0.3 is 0 Å². The number of aryl methyl sites for hydroxylation is 1. The van der Waals surface area contributed by atoms with Gasteiger partial charge in [0.05, 0.1) is 5.52 Å². The average molecular weight is 388 g/mol. The number of aromatic nitrogens is 1. The standard InChI is InChI=1S/C24H24N2O3/c1-15(2)25-24(27)23-19-14-17-13-16(3)9-10-20(17)26-22(19)21(29-23)11-12-28-18-7-5-4-6-8-18/h4-11,13-15,23H,12H2,1-3H3,(H,25,27)/b21-11-. The van der Waals surface area contributed by atoms with E-state index in [9.17, 15) is 4.79 Å². The van der Waals surface area contributed by atoms with Gasteiger partial charge in [0.1, 0.15) is 23.8 Å². The number of rotatable bonds is 5. The Bertz CT molecular complexity index is 1070. The van der Waals surface area contributed by atoms with Crippen LogP contribution in [0, 0.1) is 6.92 Å². The van der Waals surface area contributed by atoms with Crippen molar-refractivity contribution in [1.82, 2.24) is 10.3 Å². The van der Waals surface area contributed by atoms with Gasteiger partial charge in [-0.1, -0.05) is 29.8 Å². The molecule has 0 bridgehead atoms. The van der Waals surface area contributed by atoms with Gasteiger partial charge in [0, 0.05) is 17.0 Å². The molecule has 1 atom stereocenters. The number of nitrogens with zero attached hydrogens (tertiary/aromatic N) is 1. The quantitative estimate of drug-likeness (QED) is 0.696. The predicted molar refractivity (Wildman–Crippen MR) is 113 cm³/mol. The van der Waals surface area contributed by atoms with Crippen LogP contribution in [0.2, 0.25) is 0 Å². The summed E-state index contributed by atoms with van der Waals surface area (Å²) in [4.78, 5) is 17.5. The molecule has 1 aliphatic heterocycles. The van der Waals surface area contributed by atoms with E-state index in [1.807, 2.05) is 75.4 Å². The summed E-state index contributed by atoms with van der Waals surface area (Å²) in [7, 11) is 0. The molecule has 1 amide bonds. The zero-order valence-electron chi connectivity index (χ0n) is 16.8. The summed E-state index contributed by atoms with van der Waals surface area (Å²) in [6.07, 6.45) is 1.12. The van der Waals surface area contributed by atoms with Gasteiger partial charge in [0.25, 0.3) is 5.91 Å². The van der Waals surface area contributed by atoms with E-state index in [1.54, 1.807) is 0 Å². The highest BCUT2D eigenvalue weighted by molar-refractivity contribution is 5.91. The molecule has 0 fully saturated rings. The maximum Gasteiger partial charge on any atom is 0.266 e. The van der Waals surface area contributed by atoms with E-state index in [4.69, 9.17) is 14.5 Å². The number of ether oxygens (including phenoxy) is 2. The van der Waals surface area contributed by atoms with Crippen molar-refractivity contribution in [3.05, 3.63) is 77.5 Å². The van der Waals surface area contributed by atoms with Crippen molar-refractivity contribution < 1.29 is 14.3 Å². The monoisotopic (exact) mass is 388 g/mol. The van der Waals surface area contributed by atoms with Crippen LogP contribution in [0.25, 0.3) is 16.7 Å². The molecule has 1 N–H and O–H groups in total. The van der Waals surface area contributed by atoms with Crippen LogP contribution < -0.4 is 10.1 Å². The number of para-hydroxylation sites is 1. The number of carbonyl (C=O) groups is 1. The van der Waals surface area contributed by atoms with Gasteiger partial charge in [-0.25, -0.2) is 4.98 Å². The van der Waals surface area contributed by atoms with Crippen molar-refractivity contribution in [3.8, 4) is 5.75 Å². The van der Waals surface area contributed by atoms with Gasteiger partial charge < -0.3 is 14.8 Å². The number of pyridine rings is 1. The lowest BCUT2D eigenvalue weighted by Gasteiger charge is -2.14. The molecule has 3 aromatic rings. The first-order chi connectivity index (χ1) is 14.0. The molecule has 148 valence electrons. The van der Waals surface area contributed by atoms with E-state index in [1.165, 1.54) is 0 Å². The Kier molecular flexibility index (Phi) is 5.21. The van der Waals surface area contributed by atoms with Crippen LogP contribution in [0.1, 0.15) is 36.8 Å².